The molecule has 42 heavy (non-hydrogen) atoms. The number of aliphatic hydroxyl groups is 1. The van der Waals surface area contributed by atoms with E-state index < -0.39 is 57.4 Å². The lowest BCUT2D eigenvalue weighted by molar-refractivity contribution is -0.384. The number of imidazole rings is 1. The minimum Gasteiger partial charge on any atom is -0.456 e. The van der Waals surface area contributed by atoms with Crippen molar-refractivity contribution in [3.63, 3.8) is 0 Å². The molecule has 4 heterocycles. The number of ketones is 1. The van der Waals surface area contributed by atoms with E-state index in [4.69, 9.17) is 4.74 Å². The van der Waals surface area contributed by atoms with Gasteiger partial charge >= 0.3 is 5.97 Å². The summed E-state index contributed by atoms with van der Waals surface area (Å²) in [6, 6.07) is 5.04. The van der Waals surface area contributed by atoms with Gasteiger partial charge < -0.3 is 14.7 Å². The normalized spacial score (nSPS) is 19.3. The number of ether oxygens (including phenoxy) is 1. The molecule has 0 unspecified atom stereocenters. The molecule has 17 heteroatoms. The number of nitro groups is 1. The van der Waals surface area contributed by atoms with Crippen LogP contribution in [0.2, 0.25) is 0 Å². The number of carbonyl (C=O) groups is 3. The van der Waals surface area contributed by atoms with E-state index in [2.05, 4.69) is 9.71 Å². The summed E-state index contributed by atoms with van der Waals surface area (Å²) in [5.74, 6) is -2.46. The second-order valence-corrected chi connectivity index (χ2v) is 13.0. The Morgan fingerprint density at radius 2 is 2.00 bits per heavy atom. The Hall–Kier alpha value is -4.03. The molecule has 5 rings (SSSR count). The average Bonchev–Trinajstić information content (AvgIpc) is 3.61. The number of aromatic nitrogens is 2. The van der Waals surface area contributed by atoms with Gasteiger partial charge in [-0.3, -0.25) is 24.1 Å². The van der Waals surface area contributed by atoms with Gasteiger partial charge in [-0.25, -0.2) is 9.78 Å². The van der Waals surface area contributed by atoms with Gasteiger partial charge in [-0.15, -0.1) is 11.3 Å². The molecule has 2 N–H and O–H groups in total. The number of hydrogen-bond acceptors (Lipinski definition) is 11. The number of benzene rings is 1. The third-order valence-electron chi connectivity index (χ3n) is 7.11. The summed E-state index contributed by atoms with van der Waals surface area (Å²) >= 11 is 1.14. The molecule has 0 radical (unpaired) electrons. The number of rotatable bonds is 11. The lowest BCUT2D eigenvalue weighted by Gasteiger charge is -2.44. The van der Waals surface area contributed by atoms with Crippen molar-refractivity contribution in [2.45, 2.75) is 32.1 Å². The number of hydrogen-bond donors (Lipinski definition) is 2. The first-order valence-electron chi connectivity index (χ1n) is 12.6. The summed E-state index contributed by atoms with van der Waals surface area (Å²) in [5.41, 5.74) is 0.945. The third-order valence-corrected chi connectivity index (χ3v) is 9.75. The quantitative estimate of drug-likeness (QED) is 0.103. The fraction of sp³-hybridized carbons (Fsp3) is 0.360. The first kappa shape index (κ1) is 29.5. The first-order valence-corrected chi connectivity index (χ1v) is 14.9. The van der Waals surface area contributed by atoms with Crippen LogP contribution in [0.1, 0.15) is 34.3 Å². The van der Waals surface area contributed by atoms with E-state index in [1.54, 1.807) is 10.6 Å². The van der Waals surface area contributed by atoms with Crippen LogP contribution in [-0.4, -0.2) is 87.5 Å². The smallest absolute Gasteiger partial charge is 0.355 e. The zero-order chi connectivity index (χ0) is 30.5. The van der Waals surface area contributed by atoms with Crippen molar-refractivity contribution in [1.29, 1.82) is 0 Å². The number of fused-ring (bicyclic) bond motifs is 2. The Balaban J connectivity index is 1.43. The molecular weight excluding hydrogens is 592 g/mol. The Morgan fingerprint density at radius 1 is 1.31 bits per heavy atom. The van der Waals surface area contributed by atoms with Gasteiger partial charge in [0.1, 0.15) is 29.2 Å². The predicted molar refractivity (Wildman–Crippen MR) is 148 cm³/mol. The molecule has 2 aliphatic heterocycles. The van der Waals surface area contributed by atoms with Crippen LogP contribution in [0.5, 0.6) is 0 Å². The van der Waals surface area contributed by atoms with Gasteiger partial charge in [-0.1, -0.05) is 0 Å². The zero-order valence-electron chi connectivity index (χ0n) is 22.6. The third kappa shape index (κ3) is 5.20. The molecule has 0 bridgehead atoms. The molecule has 3 atom stereocenters. The highest BCUT2D eigenvalue weighted by Crippen LogP contribution is 2.48. The molecule has 1 fully saturated rings. The van der Waals surface area contributed by atoms with Crippen LogP contribution in [0, 0.1) is 16.0 Å². The number of Topliss-reactive ketones (excluding diaryl/α,β-unsaturated/α-hetero) is 1. The Labute approximate surface area is 243 Å². The molecule has 2 aliphatic rings. The van der Waals surface area contributed by atoms with Gasteiger partial charge in [0.05, 0.1) is 34.4 Å². The summed E-state index contributed by atoms with van der Waals surface area (Å²) < 4.78 is 34.2. The largest absolute Gasteiger partial charge is 0.456 e. The molecule has 0 saturated carbocycles. The predicted octanol–water partition coefficient (Wildman–Crippen LogP) is 0.949. The van der Waals surface area contributed by atoms with Crippen LogP contribution in [0.4, 0.5) is 5.69 Å². The maximum absolute atomic E-state index is 13.4. The highest BCUT2D eigenvalue weighted by molar-refractivity contribution is 7.87. The van der Waals surface area contributed by atoms with Gasteiger partial charge in [0.15, 0.2) is 5.78 Å². The molecule has 1 amide bonds. The van der Waals surface area contributed by atoms with E-state index in [9.17, 15) is 38.0 Å². The number of non-ortho nitro benzene ring substituents is 1. The maximum Gasteiger partial charge on any atom is 0.355 e. The van der Waals surface area contributed by atoms with Crippen LogP contribution >= 0.6 is 11.3 Å². The number of esters is 1. The van der Waals surface area contributed by atoms with E-state index in [1.807, 2.05) is 0 Å². The zero-order valence-corrected chi connectivity index (χ0v) is 24.2. The summed E-state index contributed by atoms with van der Waals surface area (Å²) in [4.78, 5) is 55.9. The van der Waals surface area contributed by atoms with Crippen LogP contribution in [0.25, 0.3) is 10.4 Å². The summed E-state index contributed by atoms with van der Waals surface area (Å²) in [5, 5.41) is 21.1. The Bertz CT molecular complexity index is 1740. The number of carbonyl (C=O) groups excluding carboxylic acids is 3. The van der Waals surface area contributed by atoms with Crippen molar-refractivity contribution < 1.29 is 37.6 Å². The molecule has 2 aromatic heterocycles. The SMILES string of the molecule is C[C@@H](O)[C@H]1C(=O)N2C(C(=O)OCc3ccc([N+](=O)[O-])cc3)=C(c3cn4cnc(C(=O)CNS(=O)(=O)N(C)C)c4s3)C[C@H]12. The highest BCUT2D eigenvalue weighted by atomic mass is 32.2. The van der Waals surface area contributed by atoms with Crippen LogP contribution in [0.15, 0.2) is 42.5 Å². The molecule has 15 nitrogen and oxygen atoms in total. The van der Waals surface area contributed by atoms with Gasteiger partial charge in [0, 0.05) is 38.0 Å². The fourth-order valence-corrected chi connectivity index (χ4v) is 6.63. The van der Waals surface area contributed by atoms with E-state index >= 15 is 0 Å². The van der Waals surface area contributed by atoms with E-state index in [1.165, 1.54) is 56.5 Å². The van der Waals surface area contributed by atoms with Gasteiger partial charge in [0.2, 0.25) is 5.91 Å². The van der Waals surface area contributed by atoms with Crippen LogP contribution < -0.4 is 4.72 Å². The van der Waals surface area contributed by atoms with E-state index in [0.717, 1.165) is 15.6 Å². The van der Waals surface area contributed by atoms with Crippen LogP contribution in [0.3, 0.4) is 0 Å². The molecule has 1 saturated heterocycles. The van der Waals surface area contributed by atoms with Crippen molar-refractivity contribution in [2.24, 2.45) is 5.92 Å². The molecule has 0 aliphatic carbocycles. The topological polar surface area (TPSA) is 194 Å². The number of thiazole rings is 1. The number of amides is 1. The van der Waals surface area contributed by atoms with E-state index in [-0.39, 0.29) is 30.1 Å². The minimum absolute atomic E-state index is 0.0212. The molecular formula is C25H26N6O9S2. The number of nitrogens with zero attached hydrogens (tertiary/aromatic N) is 5. The lowest BCUT2D eigenvalue weighted by Crippen LogP contribution is -2.61. The fourth-order valence-electron chi connectivity index (χ4n) is 4.91. The average molecular weight is 619 g/mol. The van der Waals surface area contributed by atoms with E-state index in [0.29, 0.717) is 20.8 Å². The minimum atomic E-state index is -3.83. The second kappa shape index (κ2) is 11.0. The number of aliphatic hydroxyl groups excluding tert-OH is 1. The number of nitrogens with one attached hydrogen (secondary N) is 1. The molecule has 0 spiro atoms. The molecule has 3 aromatic rings. The van der Waals surface area contributed by atoms with Crippen molar-refractivity contribution in [3.05, 3.63) is 68.7 Å². The highest BCUT2D eigenvalue weighted by Gasteiger charge is 2.57. The van der Waals surface area contributed by atoms with Crippen LogP contribution in [-0.2, 0) is 31.1 Å². The number of β-lactam (4-membered cyclic amide) rings is 1. The number of nitro benzene ring substituents is 1. The Kier molecular flexibility index (Phi) is 7.71. The first-order chi connectivity index (χ1) is 19.8. The standard InChI is InChI=1S/C25H26N6O9S2/c1-13(32)20-17-8-16(19-10-29-12-26-21(24(29)41-19)18(33)9-27-42(38,39)28(2)3)22(30(17)23(20)34)25(35)40-11-14-4-6-15(7-5-14)31(36)37/h4-7,10,12-13,17,20,27,32H,8-9,11H2,1-3H3/t13-,17-,20-/m1/s1. The summed E-state index contributed by atoms with van der Waals surface area (Å²) in [6.45, 7) is 0.801. The van der Waals surface area contributed by atoms with Gasteiger partial charge in [-0.05, 0) is 31.0 Å². The van der Waals surface area contributed by atoms with Crippen molar-refractivity contribution in [3.8, 4) is 0 Å². The summed E-state index contributed by atoms with van der Waals surface area (Å²) in [6.07, 6.45) is 2.37. The molecule has 1 aromatic carbocycles. The second-order valence-electron chi connectivity index (χ2n) is 10.0. The van der Waals surface area contributed by atoms with Crippen molar-refractivity contribution in [1.82, 2.24) is 23.3 Å². The van der Waals surface area contributed by atoms with Crippen molar-refractivity contribution >= 4 is 55.3 Å². The Morgan fingerprint density at radius 3 is 2.62 bits per heavy atom. The molecule has 222 valence electrons. The summed E-state index contributed by atoms with van der Waals surface area (Å²) in [7, 11) is -1.18. The van der Waals surface area contributed by atoms with Gasteiger partial charge in [-0.2, -0.15) is 17.4 Å². The van der Waals surface area contributed by atoms with Gasteiger partial charge in [0.25, 0.3) is 15.9 Å². The maximum atomic E-state index is 13.4. The lowest BCUT2D eigenvalue weighted by atomic mass is 9.83. The van der Waals surface area contributed by atoms with Crippen molar-refractivity contribution in [2.75, 3.05) is 20.6 Å². The monoisotopic (exact) mass is 618 g/mol.